The van der Waals surface area contributed by atoms with Crippen LogP contribution >= 0.6 is 11.3 Å². The summed E-state index contributed by atoms with van der Waals surface area (Å²) in [4.78, 5) is 10.2. The van der Waals surface area contributed by atoms with Crippen molar-refractivity contribution in [2.75, 3.05) is 0 Å². The second kappa shape index (κ2) is 11.2. The first-order valence-corrected chi connectivity index (χ1v) is 17.4. The standard InChI is InChI=1S/C46H28N2S/c1-3-17-39-36(14-1)37-15-2-4-18-40(37)45-44(39)47-28-42(48-45)34-13-8-12-33(27-34)32-11-7-10-31(26-32)29-22-24-30(25-23-29)35-19-9-20-41-38-16-5-6-21-43(38)49-46(35)41/h1-28H. The first-order chi connectivity index (χ1) is 24.3. The van der Waals surface area contributed by atoms with Gasteiger partial charge in [0.1, 0.15) is 0 Å². The maximum Gasteiger partial charge on any atom is 0.0979 e. The largest absolute Gasteiger partial charge is 0.252 e. The van der Waals surface area contributed by atoms with Crippen LogP contribution in [0.3, 0.4) is 0 Å². The lowest BCUT2D eigenvalue weighted by molar-refractivity contribution is 1.31. The van der Waals surface area contributed by atoms with E-state index in [1.807, 2.05) is 17.5 Å². The lowest BCUT2D eigenvalue weighted by Crippen LogP contribution is -1.92. The number of thiophene rings is 1. The molecule has 0 bridgehead atoms. The number of hydrogen-bond acceptors (Lipinski definition) is 3. The van der Waals surface area contributed by atoms with Gasteiger partial charge >= 0.3 is 0 Å². The second-order valence-corrected chi connectivity index (χ2v) is 13.6. The molecule has 0 N–H and O–H groups in total. The van der Waals surface area contributed by atoms with Gasteiger partial charge in [-0.1, -0.05) is 146 Å². The van der Waals surface area contributed by atoms with Crippen molar-refractivity contribution in [3.05, 3.63) is 170 Å². The molecule has 0 saturated heterocycles. The number of aromatic nitrogens is 2. The third-order valence-corrected chi connectivity index (χ3v) is 10.9. The summed E-state index contributed by atoms with van der Waals surface area (Å²) < 4.78 is 2.67. The molecule has 0 fully saturated rings. The smallest absolute Gasteiger partial charge is 0.0979 e. The Morgan fingerprint density at radius 3 is 1.63 bits per heavy atom. The first-order valence-electron chi connectivity index (χ1n) is 16.6. The minimum Gasteiger partial charge on any atom is -0.252 e. The molecular weight excluding hydrogens is 613 g/mol. The first kappa shape index (κ1) is 27.9. The minimum absolute atomic E-state index is 0.871. The molecule has 2 heterocycles. The Morgan fingerprint density at radius 1 is 0.367 bits per heavy atom. The molecule has 8 aromatic carbocycles. The highest BCUT2D eigenvalue weighted by Crippen LogP contribution is 2.40. The summed E-state index contributed by atoms with van der Waals surface area (Å²) in [5.74, 6) is 0. The molecule has 0 aliphatic carbocycles. The third-order valence-electron chi connectivity index (χ3n) is 9.71. The monoisotopic (exact) mass is 640 g/mol. The minimum atomic E-state index is 0.871. The molecule has 0 spiro atoms. The zero-order chi connectivity index (χ0) is 32.3. The summed E-state index contributed by atoms with van der Waals surface area (Å²) in [5, 5.41) is 7.32. The van der Waals surface area contributed by atoms with Crippen LogP contribution in [0, 0.1) is 0 Å². The van der Waals surface area contributed by atoms with Crippen molar-refractivity contribution in [3.8, 4) is 44.6 Å². The molecule has 0 aliphatic rings. The van der Waals surface area contributed by atoms with Crippen LogP contribution < -0.4 is 0 Å². The van der Waals surface area contributed by atoms with E-state index in [0.717, 1.165) is 38.6 Å². The van der Waals surface area contributed by atoms with Crippen molar-refractivity contribution >= 4 is 64.1 Å². The molecule has 228 valence electrons. The Kier molecular flexibility index (Phi) is 6.39. The van der Waals surface area contributed by atoms with Crippen molar-refractivity contribution in [3.63, 3.8) is 0 Å². The molecule has 10 aromatic rings. The molecular formula is C46H28N2S. The van der Waals surface area contributed by atoms with Crippen molar-refractivity contribution in [1.82, 2.24) is 9.97 Å². The van der Waals surface area contributed by atoms with Crippen molar-refractivity contribution in [2.45, 2.75) is 0 Å². The Morgan fingerprint density at radius 2 is 0.898 bits per heavy atom. The molecule has 49 heavy (non-hydrogen) atoms. The summed E-state index contributed by atoms with van der Waals surface area (Å²) in [6, 6.07) is 58.8. The van der Waals surface area contributed by atoms with Gasteiger partial charge in [-0.15, -0.1) is 11.3 Å². The Balaban J connectivity index is 1.00. The number of benzene rings is 8. The van der Waals surface area contributed by atoms with Gasteiger partial charge in [-0.05, 0) is 62.4 Å². The predicted octanol–water partition coefficient (Wildman–Crippen LogP) is 13.0. The van der Waals surface area contributed by atoms with Crippen LogP contribution in [0.5, 0.6) is 0 Å². The fraction of sp³-hybridized carbons (Fsp3) is 0. The van der Waals surface area contributed by atoms with Gasteiger partial charge in [0.25, 0.3) is 0 Å². The highest BCUT2D eigenvalue weighted by atomic mass is 32.1. The molecule has 0 aliphatic heterocycles. The molecule has 0 atom stereocenters. The van der Waals surface area contributed by atoms with E-state index in [1.165, 1.54) is 58.8 Å². The van der Waals surface area contributed by atoms with E-state index < -0.39 is 0 Å². The number of nitrogens with zero attached hydrogens (tertiary/aromatic N) is 2. The zero-order valence-corrected chi connectivity index (χ0v) is 27.3. The highest BCUT2D eigenvalue weighted by molar-refractivity contribution is 7.26. The van der Waals surface area contributed by atoms with Gasteiger partial charge in [0.05, 0.1) is 22.9 Å². The van der Waals surface area contributed by atoms with E-state index in [2.05, 4.69) is 164 Å². The number of hydrogen-bond donors (Lipinski definition) is 0. The Bertz CT molecular complexity index is 2850. The maximum absolute atomic E-state index is 5.23. The van der Waals surface area contributed by atoms with Gasteiger partial charge in [0.15, 0.2) is 0 Å². The van der Waals surface area contributed by atoms with E-state index in [4.69, 9.17) is 9.97 Å². The van der Waals surface area contributed by atoms with E-state index in [-0.39, 0.29) is 0 Å². The molecule has 3 heteroatoms. The predicted molar refractivity (Wildman–Crippen MR) is 209 cm³/mol. The SMILES string of the molecule is c1cc(-c2ccc(-c3cccc4c3sc3ccccc34)cc2)cc(-c2cccc(-c3cnc4c5ccccc5c5ccccc5c4n3)c2)c1. The van der Waals surface area contributed by atoms with E-state index >= 15 is 0 Å². The van der Waals surface area contributed by atoms with Crippen molar-refractivity contribution < 1.29 is 0 Å². The van der Waals surface area contributed by atoms with Gasteiger partial charge in [0, 0.05) is 36.5 Å². The molecule has 0 radical (unpaired) electrons. The summed E-state index contributed by atoms with van der Waals surface area (Å²) >= 11 is 1.88. The summed E-state index contributed by atoms with van der Waals surface area (Å²) in [5.41, 5.74) is 11.0. The summed E-state index contributed by atoms with van der Waals surface area (Å²) in [6.07, 6.45) is 1.92. The molecule has 0 amide bonds. The fourth-order valence-corrected chi connectivity index (χ4v) is 8.55. The van der Waals surface area contributed by atoms with Crippen molar-refractivity contribution in [1.29, 1.82) is 0 Å². The molecule has 2 nitrogen and oxygen atoms in total. The topological polar surface area (TPSA) is 25.8 Å². The Hall–Kier alpha value is -6.16. The lowest BCUT2D eigenvalue weighted by atomic mass is 9.96. The third kappa shape index (κ3) is 4.62. The molecule has 0 unspecified atom stereocenters. The Labute approximate surface area is 287 Å². The van der Waals surface area contributed by atoms with Crippen LogP contribution in [-0.4, -0.2) is 9.97 Å². The maximum atomic E-state index is 5.23. The normalized spacial score (nSPS) is 11.7. The molecule has 2 aromatic heterocycles. The van der Waals surface area contributed by atoms with Gasteiger partial charge < -0.3 is 0 Å². The van der Waals surface area contributed by atoms with E-state index in [1.54, 1.807) is 0 Å². The molecule has 10 rings (SSSR count). The van der Waals surface area contributed by atoms with Crippen LogP contribution in [0.1, 0.15) is 0 Å². The van der Waals surface area contributed by atoms with E-state index in [0.29, 0.717) is 0 Å². The fourth-order valence-electron chi connectivity index (χ4n) is 7.32. The highest BCUT2D eigenvalue weighted by Gasteiger charge is 2.14. The zero-order valence-electron chi connectivity index (χ0n) is 26.5. The second-order valence-electron chi connectivity index (χ2n) is 12.6. The van der Waals surface area contributed by atoms with Crippen LogP contribution in [0.2, 0.25) is 0 Å². The van der Waals surface area contributed by atoms with Gasteiger partial charge in [0.2, 0.25) is 0 Å². The summed E-state index contributed by atoms with van der Waals surface area (Å²) in [6.45, 7) is 0. The quantitative estimate of drug-likeness (QED) is 0.179. The van der Waals surface area contributed by atoms with Crippen LogP contribution in [0.4, 0.5) is 0 Å². The summed E-state index contributed by atoms with van der Waals surface area (Å²) in [7, 11) is 0. The molecule has 0 saturated carbocycles. The van der Waals surface area contributed by atoms with Crippen LogP contribution in [-0.2, 0) is 0 Å². The average Bonchev–Trinajstić information content (AvgIpc) is 3.57. The number of fused-ring (bicyclic) bond motifs is 9. The number of rotatable bonds is 4. The van der Waals surface area contributed by atoms with Gasteiger partial charge in [-0.25, -0.2) is 4.98 Å². The van der Waals surface area contributed by atoms with Crippen molar-refractivity contribution in [2.24, 2.45) is 0 Å². The van der Waals surface area contributed by atoms with Crippen LogP contribution in [0.15, 0.2) is 170 Å². The van der Waals surface area contributed by atoms with Gasteiger partial charge in [-0.2, -0.15) is 0 Å². The van der Waals surface area contributed by atoms with Gasteiger partial charge in [-0.3, -0.25) is 4.98 Å². The van der Waals surface area contributed by atoms with Crippen LogP contribution in [0.25, 0.3) is 97.4 Å². The van der Waals surface area contributed by atoms with E-state index in [9.17, 15) is 0 Å². The average molecular weight is 641 g/mol. The lowest BCUT2D eigenvalue weighted by Gasteiger charge is -2.11.